The number of ether oxygens (including phenoxy) is 1. The molecule has 0 saturated carbocycles. The zero-order valence-electron chi connectivity index (χ0n) is 17.1. The fraction of sp³-hybridized carbons (Fsp3) is 0.167. The zero-order chi connectivity index (χ0) is 22.0. The summed E-state index contributed by atoms with van der Waals surface area (Å²) in [4.78, 5) is 28.8. The number of benzene rings is 2. The molecule has 1 aliphatic rings. The molecular weight excluding hydrogens is 432 g/mol. The molecule has 2 heterocycles. The Labute approximate surface area is 189 Å². The van der Waals surface area contributed by atoms with Gasteiger partial charge in [0.1, 0.15) is 11.4 Å². The minimum absolute atomic E-state index is 0.245. The van der Waals surface area contributed by atoms with E-state index in [4.69, 9.17) is 16.3 Å². The van der Waals surface area contributed by atoms with Gasteiger partial charge in [-0.05, 0) is 60.7 Å². The summed E-state index contributed by atoms with van der Waals surface area (Å²) in [5.41, 5.74) is 2.54. The van der Waals surface area contributed by atoms with Crippen LogP contribution in [0.4, 0.5) is 11.4 Å². The molecule has 31 heavy (non-hydrogen) atoms. The SMILES string of the molecule is CCCOc1cccc(NC2=C(c3cccs3)C(=O)N(c3ccc(Cl)cc3C)C2=O)c1. The standard InChI is InChI=1S/C24H21ClN2O3S/c1-3-11-30-18-7-4-6-17(14-18)26-22-21(20-8-5-12-31-20)23(28)27(24(22)29)19-10-9-16(25)13-15(19)2/h4-10,12-14,26H,3,11H2,1-2H3. The Kier molecular flexibility index (Phi) is 6.11. The van der Waals surface area contributed by atoms with Gasteiger partial charge in [-0.3, -0.25) is 9.59 Å². The minimum atomic E-state index is -0.404. The average Bonchev–Trinajstić information content (AvgIpc) is 3.35. The van der Waals surface area contributed by atoms with Gasteiger partial charge in [-0.2, -0.15) is 0 Å². The molecule has 3 aromatic rings. The third kappa shape index (κ3) is 4.22. The first-order valence-corrected chi connectivity index (χ1v) is 11.2. The van der Waals surface area contributed by atoms with Gasteiger partial charge in [0.2, 0.25) is 0 Å². The molecule has 0 radical (unpaired) electrons. The van der Waals surface area contributed by atoms with E-state index in [2.05, 4.69) is 5.32 Å². The summed E-state index contributed by atoms with van der Waals surface area (Å²) in [6.07, 6.45) is 0.897. The van der Waals surface area contributed by atoms with E-state index in [9.17, 15) is 9.59 Å². The van der Waals surface area contributed by atoms with Crippen LogP contribution in [0.15, 0.2) is 65.7 Å². The van der Waals surface area contributed by atoms with Gasteiger partial charge < -0.3 is 10.1 Å². The highest BCUT2D eigenvalue weighted by molar-refractivity contribution is 7.11. The van der Waals surface area contributed by atoms with E-state index in [0.29, 0.717) is 34.3 Å². The molecule has 0 spiro atoms. The molecule has 1 N–H and O–H groups in total. The number of amides is 2. The summed E-state index contributed by atoms with van der Waals surface area (Å²) in [6.45, 7) is 4.47. The van der Waals surface area contributed by atoms with Gasteiger partial charge in [-0.15, -0.1) is 11.3 Å². The Balaban J connectivity index is 1.74. The van der Waals surface area contributed by atoms with Crippen molar-refractivity contribution < 1.29 is 14.3 Å². The van der Waals surface area contributed by atoms with E-state index in [1.807, 2.05) is 55.6 Å². The molecule has 5 nitrogen and oxygen atoms in total. The highest BCUT2D eigenvalue weighted by Gasteiger charge is 2.41. The van der Waals surface area contributed by atoms with Crippen molar-refractivity contribution in [2.24, 2.45) is 0 Å². The number of hydrogen-bond acceptors (Lipinski definition) is 5. The van der Waals surface area contributed by atoms with Gasteiger partial charge in [-0.25, -0.2) is 4.90 Å². The maximum absolute atomic E-state index is 13.4. The number of nitrogens with zero attached hydrogens (tertiary/aromatic N) is 1. The number of carbonyl (C=O) groups excluding carboxylic acids is 2. The second-order valence-electron chi connectivity index (χ2n) is 7.11. The predicted molar refractivity (Wildman–Crippen MR) is 126 cm³/mol. The molecule has 0 unspecified atom stereocenters. The Morgan fingerprint density at radius 3 is 2.61 bits per heavy atom. The number of nitrogens with one attached hydrogen (secondary N) is 1. The van der Waals surface area contributed by atoms with E-state index < -0.39 is 5.91 Å². The molecule has 2 amide bonds. The van der Waals surface area contributed by atoms with Crippen LogP contribution in [0.1, 0.15) is 23.8 Å². The van der Waals surface area contributed by atoms with Gasteiger partial charge in [0.15, 0.2) is 0 Å². The number of aryl methyl sites for hydroxylation is 1. The number of halogens is 1. The molecule has 0 bridgehead atoms. The van der Waals surface area contributed by atoms with E-state index in [0.717, 1.165) is 16.9 Å². The van der Waals surface area contributed by atoms with Crippen molar-refractivity contribution in [3.8, 4) is 5.75 Å². The van der Waals surface area contributed by atoms with Crippen LogP contribution in [0.3, 0.4) is 0 Å². The molecule has 158 valence electrons. The lowest BCUT2D eigenvalue weighted by Gasteiger charge is -2.18. The second-order valence-corrected chi connectivity index (χ2v) is 8.49. The maximum Gasteiger partial charge on any atom is 0.282 e. The van der Waals surface area contributed by atoms with Crippen molar-refractivity contribution in [1.29, 1.82) is 0 Å². The minimum Gasteiger partial charge on any atom is -0.494 e. The maximum atomic E-state index is 13.4. The first-order chi connectivity index (χ1) is 15.0. The molecule has 1 aromatic heterocycles. The van der Waals surface area contributed by atoms with E-state index >= 15 is 0 Å². The summed E-state index contributed by atoms with van der Waals surface area (Å²) < 4.78 is 5.70. The average molecular weight is 453 g/mol. The molecule has 1 aliphatic heterocycles. The van der Waals surface area contributed by atoms with Gasteiger partial charge in [0.25, 0.3) is 11.8 Å². The molecular formula is C24H21ClN2O3S. The fourth-order valence-corrected chi connectivity index (χ4v) is 4.41. The monoisotopic (exact) mass is 452 g/mol. The fourth-order valence-electron chi connectivity index (χ4n) is 3.41. The Bertz CT molecular complexity index is 1170. The highest BCUT2D eigenvalue weighted by Crippen LogP contribution is 2.37. The first-order valence-electron chi connectivity index (χ1n) is 9.92. The summed E-state index contributed by atoms with van der Waals surface area (Å²) in [5.74, 6) is -0.0650. The summed E-state index contributed by atoms with van der Waals surface area (Å²) >= 11 is 7.49. The predicted octanol–water partition coefficient (Wildman–Crippen LogP) is 5.90. The zero-order valence-corrected chi connectivity index (χ0v) is 18.7. The van der Waals surface area contributed by atoms with Gasteiger partial charge >= 0.3 is 0 Å². The van der Waals surface area contributed by atoms with E-state index in [-0.39, 0.29) is 11.6 Å². The molecule has 2 aromatic carbocycles. The largest absolute Gasteiger partial charge is 0.494 e. The second kappa shape index (κ2) is 8.96. The van der Waals surface area contributed by atoms with Crippen molar-refractivity contribution in [2.45, 2.75) is 20.3 Å². The molecule has 4 rings (SSSR count). The summed E-state index contributed by atoms with van der Waals surface area (Å²) in [6, 6.07) is 16.2. The third-order valence-corrected chi connectivity index (χ3v) is 5.95. The van der Waals surface area contributed by atoms with Crippen LogP contribution in [-0.4, -0.2) is 18.4 Å². The number of thiophene rings is 1. The number of imide groups is 1. The Morgan fingerprint density at radius 1 is 1.06 bits per heavy atom. The van der Waals surface area contributed by atoms with Crippen LogP contribution >= 0.6 is 22.9 Å². The number of hydrogen-bond donors (Lipinski definition) is 1. The van der Waals surface area contributed by atoms with Crippen molar-refractivity contribution in [3.63, 3.8) is 0 Å². The number of carbonyl (C=O) groups is 2. The van der Waals surface area contributed by atoms with Crippen LogP contribution in [0, 0.1) is 6.92 Å². The third-order valence-electron chi connectivity index (χ3n) is 4.83. The van der Waals surface area contributed by atoms with Crippen molar-refractivity contribution >= 4 is 51.7 Å². The molecule has 0 atom stereocenters. The van der Waals surface area contributed by atoms with Crippen molar-refractivity contribution in [2.75, 3.05) is 16.8 Å². The quantitative estimate of drug-likeness (QED) is 0.454. The number of rotatable bonds is 7. The normalized spacial score (nSPS) is 13.8. The van der Waals surface area contributed by atoms with Crippen LogP contribution in [0.5, 0.6) is 5.75 Å². The molecule has 0 saturated heterocycles. The van der Waals surface area contributed by atoms with Crippen LogP contribution in [0.2, 0.25) is 5.02 Å². The lowest BCUT2D eigenvalue weighted by Crippen LogP contribution is -2.33. The topological polar surface area (TPSA) is 58.6 Å². The number of anilines is 2. The van der Waals surface area contributed by atoms with Gasteiger partial charge in [-0.1, -0.05) is 30.7 Å². The van der Waals surface area contributed by atoms with Gasteiger partial charge in [0, 0.05) is 21.7 Å². The lowest BCUT2D eigenvalue weighted by atomic mass is 10.1. The molecule has 0 aliphatic carbocycles. The Morgan fingerprint density at radius 2 is 1.90 bits per heavy atom. The van der Waals surface area contributed by atoms with Crippen molar-refractivity contribution in [1.82, 2.24) is 0 Å². The van der Waals surface area contributed by atoms with E-state index in [1.54, 1.807) is 18.2 Å². The summed E-state index contributed by atoms with van der Waals surface area (Å²) in [5, 5.41) is 5.61. The van der Waals surface area contributed by atoms with Crippen LogP contribution in [0.25, 0.3) is 5.57 Å². The molecule has 7 heteroatoms. The van der Waals surface area contributed by atoms with Crippen LogP contribution in [-0.2, 0) is 9.59 Å². The highest BCUT2D eigenvalue weighted by atomic mass is 35.5. The Hall–Kier alpha value is -3.09. The first kappa shape index (κ1) is 21.2. The van der Waals surface area contributed by atoms with Gasteiger partial charge in [0.05, 0.1) is 17.9 Å². The molecule has 0 fully saturated rings. The van der Waals surface area contributed by atoms with Crippen molar-refractivity contribution in [3.05, 3.63) is 81.1 Å². The van der Waals surface area contributed by atoms with E-state index in [1.165, 1.54) is 16.2 Å². The lowest BCUT2D eigenvalue weighted by molar-refractivity contribution is -0.120. The summed E-state index contributed by atoms with van der Waals surface area (Å²) in [7, 11) is 0. The van der Waals surface area contributed by atoms with Crippen LogP contribution < -0.4 is 15.0 Å². The smallest absolute Gasteiger partial charge is 0.282 e.